The molecule has 1 atom stereocenters. The molecule has 2 heterocycles. The number of hydrogen-bond acceptors (Lipinski definition) is 3. The standard InChI is InChI=1S/C21H28N2O2S/c24-19(17-3-1-5-23(17)20(25)18-4-2-6-26-18)22-13-21-10-14-7-15(11-21)9-16(8-14)12-21/h2,4,6,14-17H,1,3,5,7-13H2,(H,22,24)/t14?,15?,16?,17-,21?/m0/s1. The van der Waals surface area contributed by atoms with Crippen molar-refractivity contribution in [2.75, 3.05) is 13.1 Å². The lowest BCUT2D eigenvalue weighted by Gasteiger charge is -2.57. The van der Waals surface area contributed by atoms with Gasteiger partial charge in [0.15, 0.2) is 0 Å². The van der Waals surface area contributed by atoms with Gasteiger partial charge in [-0.3, -0.25) is 9.59 Å². The fourth-order valence-corrected chi connectivity index (χ4v) is 7.40. The Balaban J connectivity index is 1.23. The number of nitrogens with one attached hydrogen (secondary N) is 1. The molecular formula is C21H28N2O2S. The molecule has 26 heavy (non-hydrogen) atoms. The van der Waals surface area contributed by atoms with Crippen LogP contribution >= 0.6 is 11.3 Å². The van der Waals surface area contributed by atoms with Crippen LogP contribution < -0.4 is 5.32 Å². The monoisotopic (exact) mass is 372 g/mol. The highest BCUT2D eigenvalue weighted by Gasteiger charge is 2.51. The molecule has 1 N–H and O–H groups in total. The van der Waals surface area contributed by atoms with Crippen LogP contribution in [0.15, 0.2) is 17.5 Å². The van der Waals surface area contributed by atoms with E-state index in [0.29, 0.717) is 12.0 Å². The third-order valence-electron chi connectivity index (χ3n) is 7.35. The lowest BCUT2D eigenvalue weighted by atomic mass is 9.49. The molecule has 1 aliphatic heterocycles. The zero-order valence-corrected chi connectivity index (χ0v) is 16.1. The van der Waals surface area contributed by atoms with Gasteiger partial charge in [0.1, 0.15) is 6.04 Å². The molecule has 0 aromatic carbocycles. The zero-order chi connectivity index (χ0) is 17.7. The Kier molecular flexibility index (Phi) is 4.11. The quantitative estimate of drug-likeness (QED) is 0.876. The minimum absolute atomic E-state index is 0.0208. The average molecular weight is 373 g/mol. The lowest BCUT2D eigenvalue weighted by Crippen LogP contribution is -2.53. The Morgan fingerprint density at radius 2 is 1.85 bits per heavy atom. The van der Waals surface area contributed by atoms with E-state index < -0.39 is 0 Å². The highest BCUT2D eigenvalue weighted by molar-refractivity contribution is 7.12. The summed E-state index contributed by atoms with van der Waals surface area (Å²) < 4.78 is 0. The molecule has 0 spiro atoms. The smallest absolute Gasteiger partial charge is 0.264 e. The molecule has 1 saturated heterocycles. The SMILES string of the molecule is O=C(NCC12CC3CC(CC(C3)C1)C2)[C@@H]1CCCN1C(=O)c1cccs1. The molecule has 5 aliphatic rings. The number of nitrogens with zero attached hydrogens (tertiary/aromatic N) is 1. The van der Waals surface area contributed by atoms with Crippen LogP contribution in [0, 0.1) is 23.2 Å². The van der Waals surface area contributed by atoms with E-state index in [1.807, 2.05) is 17.5 Å². The van der Waals surface area contributed by atoms with Gasteiger partial charge in [0.25, 0.3) is 5.91 Å². The molecule has 1 aromatic heterocycles. The summed E-state index contributed by atoms with van der Waals surface area (Å²) in [6.45, 7) is 1.53. The number of amides is 2. The topological polar surface area (TPSA) is 49.4 Å². The lowest BCUT2D eigenvalue weighted by molar-refractivity contribution is -0.127. The van der Waals surface area contributed by atoms with Gasteiger partial charge in [0.2, 0.25) is 5.91 Å². The van der Waals surface area contributed by atoms with Gasteiger partial charge in [-0.1, -0.05) is 6.07 Å². The van der Waals surface area contributed by atoms with Gasteiger partial charge in [-0.2, -0.15) is 0 Å². The highest BCUT2D eigenvalue weighted by atomic mass is 32.1. The minimum Gasteiger partial charge on any atom is -0.354 e. The van der Waals surface area contributed by atoms with Crippen LogP contribution in [-0.2, 0) is 4.79 Å². The van der Waals surface area contributed by atoms with Gasteiger partial charge in [-0.15, -0.1) is 11.3 Å². The second kappa shape index (κ2) is 6.36. The first kappa shape index (κ1) is 16.8. The molecular weight excluding hydrogens is 344 g/mol. The second-order valence-corrected chi connectivity index (χ2v) is 10.2. The van der Waals surface area contributed by atoms with E-state index in [1.165, 1.54) is 49.9 Å². The predicted octanol–water partition coefficient (Wildman–Crippen LogP) is 3.69. The van der Waals surface area contributed by atoms with Gasteiger partial charge in [-0.25, -0.2) is 0 Å². The maximum absolute atomic E-state index is 12.9. The van der Waals surface area contributed by atoms with E-state index in [0.717, 1.165) is 42.0 Å². The van der Waals surface area contributed by atoms with Crippen molar-refractivity contribution in [3.63, 3.8) is 0 Å². The normalized spacial score (nSPS) is 37.9. The first-order valence-corrected chi connectivity index (χ1v) is 11.1. The number of carbonyl (C=O) groups excluding carboxylic acids is 2. The van der Waals surface area contributed by atoms with Crippen molar-refractivity contribution in [1.82, 2.24) is 10.2 Å². The first-order valence-electron chi connectivity index (χ1n) is 10.2. The molecule has 0 radical (unpaired) electrons. The Labute approximate surface area is 159 Å². The van der Waals surface area contributed by atoms with Crippen LogP contribution in [0.1, 0.15) is 61.0 Å². The maximum atomic E-state index is 12.9. The van der Waals surface area contributed by atoms with Crippen LogP contribution in [0.25, 0.3) is 0 Å². The van der Waals surface area contributed by atoms with Crippen LogP contribution in [0.4, 0.5) is 0 Å². The van der Waals surface area contributed by atoms with Crippen molar-refractivity contribution >= 4 is 23.2 Å². The summed E-state index contributed by atoms with van der Waals surface area (Å²) in [6, 6.07) is 3.48. The van der Waals surface area contributed by atoms with E-state index in [-0.39, 0.29) is 17.9 Å². The van der Waals surface area contributed by atoms with Gasteiger partial charge in [0, 0.05) is 13.1 Å². The van der Waals surface area contributed by atoms with Crippen molar-refractivity contribution in [3.05, 3.63) is 22.4 Å². The average Bonchev–Trinajstić information content (AvgIpc) is 3.29. The minimum atomic E-state index is -0.279. The van der Waals surface area contributed by atoms with E-state index in [9.17, 15) is 9.59 Å². The third-order valence-corrected chi connectivity index (χ3v) is 8.21. The van der Waals surface area contributed by atoms with Gasteiger partial charge in [-0.05, 0) is 86.0 Å². The molecule has 140 valence electrons. The zero-order valence-electron chi connectivity index (χ0n) is 15.3. The summed E-state index contributed by atoms with van der Waals surface area (Å²) >= 11 is 1.46. The summed E-state index contributed by atoms with van der Waals surface area (Å²) in [7, 11) is 0. The van der Waals surface area contributed by atoms with E-state index in [4.69, 9.17) is 0 Å². The van der Waals surface area contributed by atoms with Crippen molar-refractivity contribution in [3.8, 4) is 0 Å². The Hall–Kier alpha value is -1.36. The molecule has 5 heteroatoms. The molecule has 5 fully saturated rings. The summed E-state index contributed by atoms with van der Waals surface area (Å²) in [6.07, 6.45) is 9.93. The molecule has 4 saturated carbocycles. The van der Waals surface area contributed by atoms with Crippen LogP contribution in [0.3, 0.4) is 0 Å². The Morgan fingerprint density at radius 1 is 1.15 bits per heavy atom. The molecule has 6 rings (SSSR count). The number of likely N-dealkylation sites (tertiary alicyclic amines) is 1. The number of rotatable bonds is 4. The van der Waals surface area contributed by atoms with Crippen molar-refractivity contribution in [2.45, 2.75) is 57.4 Å². The fourth-order valence-electron chi connectivity index (χ4n) is 6.72. The number of thiophene rings is 1. The number of carbonyl (C=O) groups is 2. The molecule has 4 bridgehead atoms. The largest absolute Gasteiger partial charge is 0.354 e. The summed E-state index contributed by atoms with van der Waals surface area (Å²) in [5.41, 5.74) is 0.353. The molecule has 4 nitrogen and oxygen atoms in total. The summed E-state index contributed by atoms with van der Waals surface area (Å²) in [4.78, 5) is 28.2. The first-order chi connectivity index (χ1) is 12.6. The van der Waals surface area contributed by atoms with Crippen molar-refractivity contribution < 1.29 is 9.59 Å². The maximum Gasteiger partial charge on any atom is 0.264 e. The van der Waals surface area contributed by atoms with Gasteiger partial charge in [0.05, 0.1) is 4.88 Å². The molecule has 0 unspecified atom stereocenters. The van der Waals surface area contributed by atoms with Crippen molar-refractivity contribution in [1.29, 1.82) is 0 Å². The van der Waals surface area contributed by atoms with Crippen LogP contribution in [0.5, 0.6) is 0 Å². The van der Waals surface area contributed by atoms with Crippen LogP contribution in [0.2, 0.25) is 0 Å². The molecule has 1 aromatic rings. The summed E-state index contributed by atoms with van der Waals surface area (Å²) in [5.74, 6) is 2.81. The van der Waals surface area contributed by atoms with E-state index in [1.54, 1.807) is 4.90 Å². The highest BCUT2D eigenvalue weighted by Crippen LogP contribution is 2.59. The van der Waals surface area contributed by atoms with Crippen LogP contribution in [-0.4, -0.2) is 35.8 Å². The van der Waals surface area contributed by atoms with Gasteiger partial charge < -0.3 is 10.2 Å². The van der Waals surface area contributed by atoms with E-state index in [2.05, 4.69) is 5.32 Å². The fraction of sp³-hybridized carbons (Fsp3) is 0.714. The third kappa shape index (κ3) is 2.88. The Bertz CT molecular complexity index is 664. The molecule has 4 aliphatic carbocycles. The number of hydrogen-bond donors (Lipinski definition) is 1. The Morgan fingerprint density at radius 3 is 2.46 bits per heavy atom. The second-order valence-electron chi connectivity index (χ2n) is 9.27. The predicted molar refractivity (Wildman–Crippen MR) is 102 cm³/mol. The van der Waals surface area contributed by atoms with E-state index >= 15 is 0 Å². The summed E-state index contributed by atoms with van der Waals surface area (Å²) in [5, 5.41) is 5.20. The van der Waals surface area contributed by atoms with Gasteiger partial charge >= 0.3 is 0 Å². The van der Waals surface area contributed by atoms with Crippen molar-refractivity contribution in [2.24, 2.45) is 23.2 Å². The molecule has 2 amide bonds.